The van der Waals surface area contributed by atoms with Gasteiger partial charge >= 0.3 is 0 Å². The lowest BCUT2D eigenvalue weighted by molar-refractivity contribution is 0.102. The molecule has 1 N–H and O–H groups in total. The number of hydrogen-bond acceptors (Lipinski definition) is 4. The van der Waals surface area contributed by atoms with Gasteiger partial charge in [-0.3, -0.25) is 4.79 Å². The minimum absolute atomic E-state index is 0.195. The monoisotopic (exact) mass is 405 g/mol. The lowest BCUT2D eigenvalue weighted by Gasteiger charge is -2.14. The maximum absolute atomic E-state index is 12.8. The Morgan fingerprint density at radius 1 is 0.833 bits per heavy atom. The number of amides is 1. The maximum atomic E-state index is 12.8. The highest BCUT2D eigenvalue weighted by atomic mass is 16.5. The Kier molecular flexibility index (Phi) is 7.33. The topological polar surface area (TPSA) is 56.8 Å². The van der Waals surface area contributed by atoms with Crippen molar-refractivity contribution < 1.29 is 19.0 Å². The summed E-state index contributed by atoms with van der Waals surface area (Å²) in [5.74, 6) is 2.10. The van der Waals surface area contributed by atoms with E-state index in [1.165, 1.54) is 0 Å². The van der Waals surface area contributed by atoms with Crippen LogP contribution in [0.1, 0.15) is 35.3 Å². The molecule has 0 aliphatic heterocycles. The Bertz CT molecular complexity index is 983. The first-order valence-electron chi connectivity index (χ1n) is 10.1. The Hall–Kier alpha value is -3.47. The lowest BCUT2D eigenvalue weighted by Crippen LogP contribution is -2.13. The number of hydrogen-bond donors (Lipinski definition) is 1. The van der Waals surface area contributed by atoms with E-state index in [-0.39, 0.29) is 5.91 Å². The molecule has 5 heteroatoms. The van der Waals surface area contributed by atoms with Gasteiger partial charge in [0.15, 0.2) is 0 Å². The van der Waals surface area contributed by atoms with Crippen LogP contribution < -0.4 is 19.5 Å². The second-order valence-electron chi connectivity index (χ2n) is 6.72. The summed E-state index contributed by atoms with van der Waals surface area (Å²) in [6.07, 6.45) is 0. The van der Waals surface area contributed by atoms with Gasteiger partial charge < -0.3 is 19.5 Å². The van der Waals surface area contributed by atoms with Gasteiger partial charge in [-0.1, -0.05) is 18.2 Å². The van der Waals surface area contributed by atoms with E-state index in [1.807, 2.05) is 81.4 Å². The zero-order chi connectivity index (χ0) is 21.3. The molecule has 3 aromatic rings. The molecule has 156 valence electrons. The van der Waals surface area contributed by atoms with Crippen molar-refractivity contribution in [2.75, 3.05) is 18.5 Å². The van der Waals surface area contributed by atoms with E-state index in [4.69, 9.17) is 14.2 Å². The molecular weight excluding hydrogens is 378 g/mol. The molecule has 0 aromatic heterocycles. The van der Waals surface area contributed by atoms with Gasteiger partial charge in [0, 0.05) is 16.8 Å². The van der Waals surface area contributed by atoms with E-state index < -0.39 is 0 Å². The first-order valence-corrected chi connectivity index (χ1v) is 10.1. The fraction of sp³-hybridized carbons (Fsp3) is 0.240. The van der Waals surface area contributed by atoms with E-state index in [0.29, 0.717) is 36.8 Å². The van der Waals surface area contributed by atoms with Crippen molar-refractivity contribution in [3.8, 4) is 17.2 Å². The van der Waals surface area contributed by atoms with Crippen LogP contribution in [0.15, 0.2) is 66.7 Å². The predicted octanol–water partition coefficient (Wildman–Crippen LogP) is 5.62. The van der Waals surface area contributed by atoms with Crippen LogP contribution in [0.5, 0.6) is 17.2 Å². The Morgan fingerprint density at radius 3 is 2.27 bits per heavy atom. The highest BCUT2D eigenvalue weighted by molar-refractivity contribution is 6.04. The number of carbonyl (C=O) groups is 1. The number of benzene rings is 3. The van der Waals surface area contributed by atoms with Gasteiger partial charge in [-0.15, -0.1) is 0 Å². The van der Waals surface area contributed by atoms with Crippen LogP contribution >= 0.6 is 0 Å². The molecule has 0 atom stereocenters. The van der Waals surface area contributed by atoms with Gasteiger partial charge in [0.1, 0.15) is 23.9 Å². The largest absolute Gasteiger partial charge is 0.494 e. The van der Waals surface area contributed by atoms with Gasteiger partial charge in [0.2, 0.25) is 0 Å². The number of para-hydroxylation sites is 1. The van der Waals surface area contributed by atoms with Crippen LogP contribution in [0.3, 0.4) is 0 Å². The van der Waals surface area contributed by atoms with Gasteiger partial charge in [-0.05, 0) is 74.9 Å². The Balaban J connectivity index is 1.75. The van der Waals surface area contributed by atoms with Crippen molar-refractivity contribution in [3.63, 3.8) is 0 Å². The molecule has 0 radical (unpaired) electrons. The smallest absolute Gasteiger partial charge is 0.255 e. The number of anilines is 1. The van der Waals surface area contributed by atoms with E-state index in [1.54, 1.807) is 6.07 Å². The second kappa shape index (κ2) is 10.3. The van der Waals surface area contributed by atoms with Crippen molar-refractivity contribution in [1.82, 2.24) is 0 Å². The highest BCUT2D eigenvalue weighted by Crippen LogP contribution is 2.25. The van der Waals surface area contributed by atoms with Crippen LogP contribution in [-0.4, -0.2) is 19.1 Å². The molecule has 0 unspecified atom stereocenters. The van der Waals surface area contributed by atoms with Crippen molar-refractivity contribution in [3.05, 3.63) is 83.4 Å². The average molecular weight is 405 g/mol. The number of rotatable bonds is 9. The van der Waals surface area contributed by atoms with Crippen molar-refractivity contribution in [1.29, 1.82) is 0 Å². The molecule has 1 amide bonds. The summed E-state index contributed by atoms with van der Waals surface area (Å²) < 4.78 is 17.1. The number of aryl methyl sites for hydroxylation is 1. The third kappa shape index (κ3) is 5.54. The van der Waals surface area contributed by atoms with Crippen molar-refractivity contribution in [2.24, 2.45) is 0 Å². The number of carbonyl (C=O) groups excluding carboxylic acids is 1. The van der Waals surface area contributed by atoms with E-state index in [9.17, 15) is 4.79 Å². The fourth-order valence-electron chi connectivity index (χ4n) is 3.01. The summed E-state index contributed by atoms with van der Waals surface area (Å²) in [7, 11) is 0. The minimum atomic E-state index is -0.195. The molecule has 5 nitrogen and oxygen atoms in total. The zero-order valence-electron chi connectivity index (χ0n) is 17.6. The average Bonchev–Trinajstić information content (AvgIpc) is 2.75. The molecule has 0 saturated carbocycles. The molecule has 0 fully saturated rings. The molecular formula is C25H27NO4. The third-order valence-corrected chi connectivity index (χ3v) is 4.52. The first kappa shape index (κ1) is 21.2. The Labute approximate surface area is 177 Å². The molecule has 0 aliphatic carbocycles. The van der Waals surface area contributed by atoms with E-state index in [2.05, 4.69) is 5.32 Å². The fourth-order valence-corrected chi connectivity index (χ4v) is 3.01. The van der Waals surface area contributed by atoms with Crippen LogP contribution in [0.25, 0.3) is 0 Å². The van der Waals surface area contributed by atoms with Crippen LogP contribution in [0, 0.1) is 6.92 Å². The van der Waals surface area contributed by atoms with E-state index >= 15 is 0 Å². The van der Waals surface area contributed by atoms with Crippen molar-refractivity contribution in [2.45, 2.75) is 27.4 Å². The summed E-state index contributed by atoms with van der Waals surface area (Å²) in [5, 5.41) is 2.91. The number of nitrogens with one attached hydrogen (secondary N) is 1. The first-order chi connectivity index (χ1) is 14.6. The SMILES string of the molecule is CCOc1ccc(NC(=O)c2ccc(OCC)c(COc3ccccc3C)c2)cc1. The molecule has 3 rings (SSSR count). The molecule has 0 aliphatic rings. The standard InChI is InChI=1S/C25H27NO4/c1-4-28-22-13-11-21(12-14-22)26-25(27)19-10-15-24(29-5-2)20(16-19)17-30-23-9-7-6-8-18(23)3/h6-16H,4-5,17H2,1-3H3,(H,26,27). The third-order valence-electron chi connectivity index (χ3n) is 4.52. The Morgan fingerprint density at radius 2 is 1.57 bits per heavy atom. The summed E-state index contributed by atoms with van der Waals surface area (Å²) in [5.41, 5.74) is 3.12. The molecule has 30 heavy (non-hydrogen) atoms. The van der Waals surface area contributed by atoms with Crippen LogP contribution in [0.2, 0.25) is 0 Å². The van der Waals surface area contributed by atoms with Crippen LogP contribution in [0.4, 0.5) is 5.69 Å². The zero-order valence-corrected chi connectivity index (χ0v) is 17.6. The summed E-state index contributed by atoms with van der Waals surface area (Å²) in [6, 6.07) is 20.5. The summed E-state index contributed by atoms with van der Waals surface area (Å²) in [6.45, 7) is 7.31. The molecule has 0 saturated heterocycles. The molecule has 0 heterocycles. The maximum Gasteiger partial charge on any atom is 0.255 e. The van der Waals surface area contributed by atoms with Gasteiger partial charge in [0.25, 0.3) is 5.91 Å². The van der Waals surface area contributed by atoms with Crippen LogP contribution in [-0.2, 0) is 6.61 Å². The van der Waals surface area contributed by atoms with E-state index in [0.717, 1.165) is 22.6 Å². The normalized spacial score (nSPS) is 10.4. The lowest BCUT2D eigenvalue weighted by atomic mass is 10.1. The van der Waals surface area contributed by atoms with Crippen molar-refractivity contribution >= 4 is 11.6 Å². The summed E-state index contributed by atoms with van der Waals surface area (Å²) >= 11 is 0. The highest BCUT2D eigenvalue weighted by Gasteiger charge is 2.12. The second-order valence-corrected chi connectivity index (χ2v) is 6.72. The van der Waals surface area contributed by atoms with Gasteiger partial charge in [-0.25, -0.2) is 0 Å². The minimum Gasteiger partial charge on any atom is -0.494 e. The van der Waals surface area contributed by atoms with Gasteiger partial charge in [-0.2, -0.15) is 0 Å². The quantitative estimate of drug-likeness (QED) is 0.502. The molecule has 3 aromatic carbocycles. The molecule has 0 bridgehead atoms. The molecule has 0 spiro atoms. The van der Waals surface area contributed by atoms with Gasteiger partial charge in [0.05, 0.1) is 13.2 Å². The summed E-state index contributed by atoms with van der Waals surface area (Å²) in [4.78, 5) is 12.8. The number of ether oxygens (including phenoxy) is 3. The predicted molar refractivity (Wildman–Crippen MR) is 119 cm³/mol.